The molecule has 0 aliphatic carbocycles. The molecule has 20 heavy (non-hydrogen) atoms. The topological polar surface area (TPSA) is 66.4 Å². The molecule has 1 aromatic rings. The Labute approximate surface area is 126 Å². The Morgan fingerprint density at radius 3 is 2.35 bits per heavy atom. The van der Waals surface area contributed by atoms with Crippen molar-refractivity contribution in [1.82, 2.24) is 4.72 Å². The van der Waals surface area contributed by atoms with Gasteiger partial charge >= 0.3 is 0 Å². The summed E-state index contributed by atoms with van der Waals surface area (Å²) < 4.78 is 26.5. The van der Waals surface area contributed by atoms with Gasteiger partial charge in [0.2, 0.25) is 10.0 Å². The van der Waals surface area contributed by atoms with Crippen molar-refractivity contribution < 1.29 is 13.5 Å². The van der Waals surface area contributed by atoms with Gasteiger partial charge < -0.3 is 5.11 Å². The van der Waals surface area contributed by atoms with Crippen LogP contribution in [-0.4, -0.2) is 32.1 Å². The molecule has 1 atom stereocenters. The standard InChI is InChI=1S/C14H22ClNO3S/c1-11(2)9-13(17)10-16-20(18,19)14-5-3-12(4-6-14)7-8-15/h3-6,11,13,16-17H,7-10H2,1-2H3. The number of hydrogen-bond acceptors (Lipinski definition) is 3. The Morgan fingerprint density at radius 1 is 1.25 bits per heavy atom. The minimum absolute atomic E-state index is 0.0317. The molecule has 0 bridgehead atoms. The average molecular weight is 320 g/mol. The highest BCUT2D eigenvalue weighted by atomic mass is 35.5. The molecule has 114 valence electrons. The molecule has 4 nitrogen and oxygen atoms in total. The number of halogens is 1. The molecule has 0 fully saturated rings. The molecule has 0 aliphatic rings. The van der Waals surface area contributed by atoms with Crippen LogP contribution in [0.4, 0.5) is 0 Å². The van der Waals surface area contributed by atoms with E-state index in [1.165, 1.54) is 0 Å². The van der Waals surface area contributed by atoms with Crippen LogP contribution in [0.3, 0.4) is 0 Å². The zero-order chi connectivity index (χ0) is 15.2. The second kappa shape index (κ2) is 7.98. The molecule has 0 saturated heterocycles. The van der Waals surface area contributed by atoms with Crippen molar-refractivity contribution in [2.75, 3.05) is 12.4 Å². The molecule has 0 aliphatic heterocycles. The maximum Gasteiger partial charge on any atom is 0.240 e. The summed E-state index contributed by atoms with van der Waals surface area (Å²) in [6.45, 7) is 3.99. The number of rotatable bonds is 8. The van der Waals surface area contributed by atoms with Crippen LogP contribution < -0.4 is 4.72 Å². The highest BCUT2D eigenvalue weighted by Crippen LogP contribution is 2.12. The lowest BCUT2D eigenvalue weighted by atomic mass is 10.1. The third kappa shape index (κ3) is 5.79. The fourth-order valence-electron chi connectivity index (χ4n) is 1.86. The lowest BCUT2D eigenvalue weighted by molar-refractivity contribution is 0.152. The number of aliphatic hydroxyl groups is 1. The van der Waals surface area contributed by atoms with Gasteiger partial charge in [0.15, 0.2) is 0 Å². The van der Waals surface area contributed by atoms with Gasteiger partial charge in [-0.25, -0.2) is 13.1 Å². The Bertz CT molecular complexity index is 500. The van der Waals surface area contributed by atoms with Crippen molar-refractivity contribution in [3.63, 3.8) is 0 Å². The summed E-state index contributed by atoms with van der Waals surface area (Å²) in [5.41, 5.74) is 0.999. The summed E-state index contributed by atoms with van der Waals surface area (Å²) in [4.78, 5) is 0.201. The van der Waals surface area contributed by atoms with E-state index in [1.54, 1.807) is 24.3 Å². The van der Waals surface area contributed by atoms with E-state index < -0.39 is 16.1 Å². The average Bonchev–Trinajstić information content (AvgIpc) is 2.37. The van der Waals surface area contributed by atoms with Gasteiger partial charge in [0, 0.05) is 12.4 Å². The molecular weight excluding hydrogens is 298 g/mol. The van der Waals surface area contributed by atoms with Crippen LogP contribution in [0.25, 0.3) is 0 Å². The van der Waals surface area contributed by atoms with Crippen LogP contribution >= 0.6 is 11.6 Å². The molecule has 0 radical (unpaired) electrons. The first-order valence-electron chi connectivity index (χ1n) is 6.67. The second-order valence-corrected chi connectivity index (χ2v) is 7.36. The molecule has 1 aromatic carbocycles. The molecule has 1 unspecified atom stereocenters. The first-order chi connectivity index (χ1) is 9.35. The third-order valence-corrected chi connectivity index (χ3v) is 4.50. The Kier molecular flexibility index (Phi) is 6.95. The minimum atomic E-state index is -3.57. The lowest BCUT2D eigenvalue weighted by Crippen LogP contribution is -2.32. The van der Waals surface area contributed by atoms with E-state index in [1.807, 2.05) is 13.8 Å². The minimum Gasteiger partial charge on any atom is -0.392 e. The van der Waals surface area contributed by atoms with Gasteiger partial charge in [-0.15, -0.1) is 11.6 Å². The van der Waals surface area contributed by atoms with Crippen molar-refractivity contribution in [3.05, 3.63) is 29.8 Å². The van der Waals surface area contributed by atoms with E-state index in [4.69, 9.17) is 11.6 Å². The molecule has 1 rings (SSSR count). The van der Waals surface area contributed by atoms with Crippen molar-refractivity contribution in [1.29, 1.82) is 0 Å². The van der Waals surface area contributed by atoms with Crippen LogP contribution in [0.5, 0.6) is 0 Å². The molecule has 0 heterocycles. The number of aliphatic hydroxyl groups excluding tert-OH is 1. The third-order valence-electron chi connectivity index (χ3n) is 2.87. The first-order valence-corrected chi connectivity index (χ1v) is 8.69. The Morgan fingerprint density at radius 2 is 1.85 bits per heavy atom. The molecule has 0 aromatic heterocycles. The number of nitrogens with one attached hydrogen (secondary N) is 1. The summed E-state index contributed by atoms with van der Waals surface area (Å²) in [6.07, 6.45) is 0.611. The fraction of sp³-hybridized carbons (Fsp3) is 0.571. The van der Waals surface area contributed by atoms with Crippen LogP contribution in [-0.2, 0) is 16.4 Å². The zero-order valence-electron chi connectivity index (χ0n) is 11.8. The normalized spacial score (nSPS) is 13.7. The van der Waals surface area contributed by atoms with Crippen molar-refractivity contribution >= 4 is 21.6 Å². The monoisotopic (exact) mass is 319 g/mol. The number of aryl methyl sites for hydroxylation is 1. The van der Waals surface area contributed by atoms with Crippen LogP contribution in [0.2, 0.25) is 0 Å². The maximum atomic E-state index is 12.0. The van der Waals surface area contributed by atoms with E-state index in [-0.39, 0.29) is 11.4 Å². The fourth-order valence-corrected chi connectivity index (χ4v) is 3.15. The number of alkyl halides is 1. The highest BCUT2D eigenvalue weighted by molar-refractivity contribution is 7.89. The molecule has 2 N–H and O–H groups in total. The van der Waals surface area contributed by atoms with E-state index in [9.17, 15) is 13.5 Å². The van der Waals surface area contributed by atoms with E-state index in [0.717, 1.165) is 5.56 Å². The van der Waals surface area contributed by atoms with Gasteiger partial charge in [-0.3, -0.25) is 0 Å². The quantitative estimate of drug-likeness (QED) is 0.722. The van der Waals surface area contributed by atoms with Gasteiger partial charge in [0.25, 0.3) is 0 Å². The summed E-state index contributed by atoms with van der Waals surface area (Å²) >= 11 is 5.63. The van der Waals surface area contributed by atoms with Crippen LogP contribution in [0, 0.1) is 5.92 Å². The number of hydrogen-bond donors (Lipinski definition) is 2. The largest absolute Gasteiger partial charge is 0.392 e. The second-order valence-electron chi connectivity index (χ2n) is 5.22. The van der Waals surface area contributed by atoms with Crippen molar-refractivity contribution in [2.24, 2.45) is 5.92 Å². The highest BCUT2D eigenvalue weighted by Gasteiger charge is 2.16. The van der Waals surface area contributed by atoms with Gasteiger partial charge in [0.1, 0.15) is 0 Å². The zero-order valence-corrected chi connectivity index (χ0v) is 13.4. The summed E-state index contributed by atoms with van der Waals surface area (Å²) in [5.74, 6) is 0.829. The van der Waals surface area contributed by atoms with E-state index in [0.29, 0.717) is 24.6 Å². The smallest absolute Gasteiger partial charge is 0.240 e. The van der Waals surface area contributed by atoms with Crippen LogP contribution in [0.1, 0.15) is 25.8 Å². The Hall–Kier alpha value is -0.620. The molecule has 6 heteroatoms. The van der Waals surface area contributed by atoms with Crippen molar-refractivity contribution in [3.8, 4) is 0 Å². The lowest BCUT2D eigenvalue weighted by Gasteiger charge is -2.14. The van der Waals surface area contributed by atoms with Crippen molar-refractivity contribution in [2.45, 2.75) is 37.7 Å². The summed E-state index contributed by atoms with van der Waals surface area (Å²) in [6, 6.07) is 6.61. The summed E-state index contributed by atoms with van der Waals surface area (Å²) in [7, 11) is -3.57. The molecular formula is C14H22ClNO3S. The van der Waals surface area contributed by atoms with Gasteiger partial charge in [-0.05, 0) is 36.5 Å². The number of sulfonamides is 1. The predicted molar refractivity (Wildman–Crippen MR) is 81.5 cm³/mol. The van der Waals surface area contributed by atoms with Gasteiger partial charge in [-0.1, -0.05) is 26.0 Å². The molecule has 0 amide bonds. The van der Waals surface area contributed by atoms with E-state index >= 15 is 0 Å². The molecule has 0 saturated carbocycles. The van der Waals surface area contributed by atoms with Gasteiger partial charge in [-0.2, -0.15) is 0 Å². The number of benzene rings is 1. The van der Waals surface area contributed by atoms with E-state index in [2.05, 4.69) is 4.72 Å². The predicted octanol–water partition coefficient (Wildman–Crippen LogP) is 2.15. The summed E-state index contributed by atoms with van der Waals surface area (Å²) in [5, 5.41) is 9.70. The maximum absolute atomic E-state index is 12.0. The SMILES string of the molecule is CC(C)CC(O)CNS(=O)(=O)c1ccc(CCCl)cc1. The van der Waals surface area contributed by atoms with Gasteiger partial charge in [0.05, 0.1) is 11.0 Å². The van der Waals surface area contributed by atoms with Crippen LogP contribution in [0.15, 0.2) is 29.2 Å². The molecule has 0 spiro atoms. The first kappa shape index (κ1) is 17.4. The Balaban J connectivity index is 2.64.